The first-order valence-corrected chi connectivity index (χ1v) is 8.16. The van der Waals surface area contributed by atoms with Crippen LogP contribution in [0.3, 0.4) is 0 Å². The van der Waals surface area contributed by atoms with Gasteiger partial charge in [0, 0.05) is 23.1 Å². The zero-order valence-electron chi connectivity index (χ0n) is 12.7. The van der Waals surface area contributed by atoms with Crippen LogP contribution in [-0.4, -0.2) is 24.0 Å². The van der Waals surface area contributed by atoms with Gasteiger partial charge in [-0.15, -0.1) is 0 Å². The van der Waals surface area contributed by atoms with Gasteiger partial charge in [-0.25, -0.2) is 0 Å². The molecule has 1 aliphatic carbocycles. The summed E-state index contributed by atoms with van der Waals surface area (Å²) >= 11 is 6.37. The molecule has 0 bridgehead atoms. The van der Waals surface area contributed by atoms with Gasteiger partial charge in [0.25, 0.3) is 0 Å². The van der Waals surface area contributed by atoms with Gasteiger partial charge in [-0.2, -0.15) is 0 Å². The molecule has 0 heterocycles. The van der Waals surface area contributed by atoms with Gasteiger partial charge in [-0.05, 0) is 38.4 Å². The molecule has 0 spiro atoms. The molecule has 0 amide bonds. The summed E-state index contributed by atoms with van der Waals surface area (Å²) in [6.07, 6.45) is 7.67. The van der Waals surface area contributed by atoms with Crippen molar-refractivity contribution in [3.05, 3.63) is 34.9 Å². The van der Waals surface area contributed by atoms with Crippen LogP contribution in [0.15, 0.2) is 24.3 Å². The van der Waals surface area contributed by atoms with Crippen LogP contribution in [0.25, 0.3) is 0 Å². The van der Waals surface area contributed by atoms with Gasteiger partial charge in [-0.3, -0.25) is 4.90 Å². The molecule has 20 heavy (non-hydrogen) atoms. The molecule has 1 aromatic rings. The van der Waals surface area contributed by atoms with Crippen LogP contribution in [0.1, 0.15) is 57.1 Å². The largest absolute Gasteiger partial charge is 0.329 e. The molecule has 0 saturated heterocycles. The Morgan fingerprint density at radius 2 is 1.80 bits per heavy atom. The highest BCUT2D eigenvalue weighted by atomic mass is 35.5. The summed E-state index contributed by atoms with van der Waals surface area (Å²) in [6.45, 7) is 2.97. The molecule has 1 atom stereocenters. The van der Waals surface area contributed by atoms with Crippen LogP contribution in [0, 0.1) is 0 Å². The average molecular weight is 295 g/mol. The maximum absolute atomic E-state index is 6.37. The standard InChI is InChI=1S/C17H27ClN2/c1-14(15-9-5-6-10-16(15)18)20(2)17(13-19)11-7-3-4-8-12-17/h5-6,9-10,14H,3-4,7-8,11-13,19H2,1-2H3. The molecule has 0 radical (unpaired) electrons. The lowest BCUT2D eigenvalue weighted by molar-refractivity contribution is 0.0691. The number of halogens is 1. The Labute approximate surface area is 128 Å². The molecular weight excluding hydrogens is 268 g/mol. The molecule has 1 fully saturated rings. The summed E-state index contributed by atoms with van der Waals surface area (Å²) in [7, 11) is 2.21. The quantitative estimate of drug-likeness (QED) is 0.835. The minimum atomic E-state index is 0.134. The molecule has 112 valence electrons. The molecular formula is C17H27ClN2. The average Bonchev–Trinajstić information content (AvgIpc) is 2.72. The van der Waals surface area contributed by atoms with Crippen LogP contribution in [0.5, 0.6) is 0 Å². The van der Waals surface area contributed by atoms with Gasteiger partial charge in [0.05, 0.1) is 0 Å². The zero-order valence-corrected chi connectivity index (χ0v) is 13.5. The molecule has 1 aliphatic rings. The Bertz CT molecular complexity index is 425. The zero-order chi connectivity index (χ0) is 14.6. The summed E-state index contributed by atoms with van der Waals surface area (Å²) in [4.78, 5) is 2.47. The van der Waals surface area contributed by atoms with E-state index in [1.807, 2.05) is 12.1 Å². The van der Waals surface area contributed by atoms with Crippen LogP contribution >= 0.6 is 11.6 Å². The van der Waals surface area contributed by atoms with Gasteiger partial charge in [-0.1, -0.05) is 55.5 Å². The smallest absolute Gasteiger partial charge is 0.0453 e. The van der Waals surface area contributed by atoms with Gasteiger partial charge in [0.15, 0.2) is 0 Å². The van der Waals surface area contributed by atoms with E-state index in [1.54, 1.807) is 0 Å². The van der Waals surface area contributed by atoms with E-state index < -0.39 is 0 Å². The SMILES string of the molecule is CC(c1ccccc1Cl)N(C)C1(CN)CCCCCC1. The summed E-state index contributed by atoms with van der Waals surface area (Å²) in [5.74, 6) is 0. The van der Waals surface area contributed by atoms with Crippen LogP contribution in [0.4, 0.5) is 0 Å². The normalized spacial score (nSPS) is 20.6. The Morgan fingerprint density at radius 1 is 1.20 bits per heavy atom. The van der Waals surface area contributed by atoms with Crippen molar-refractivity contribution in [1.82, 2.24) is 4.90 Å². The van der Waals surface area contributed by atoms with Crippen molar-refractivity contribution in [1.29, 1.82) is 0 Å². The minimum Gasteiger partial charge on any atom is -0.329 e. The third kappa shape index (κ3) is 3.19. The van der Waals surface area contributed by atoms with E-state index in [-0.39, 0.29) is 5.54 Å². The number of nitrogens with two attached hydrogens (primary N) is 1. The van der Waals surface area contributed by atoms with Crippen molar-refractivity contribution in [2.75, 3.05) is 13.6 Å². The van der Waals surface area contributed by atoms with Crippen molar-refractivity contribution in [2.24, 2.45) is 5.73 Å². The third-order valence-electron chi connectivity index (χ3n) is 5.10. The molecule has 1 unspecified atom stereocenters. The second-order valence-electron chi connectivity index (χ2n) is 6.15. The summed E-state index contributed by atoms with van der Waals surface area (Å²) < 4.78 is 0. The van der Waals surface area contributed by atoms with E-state index in [2.05, 4.69) is 31.0 Å². The van der Waals surface area contributed by atoms with Crippen LogP contribution in [0.2, 0.25) is 5.02 Å². The van der Waals surface area contributed by atoms with Crippen molar-refractivity contribution in [2.45, 2.75) is 57.0 Å². The minimum absolute atomic E-state index is 0.134. The van der Waals surface area contributed by atoms with Crippen molar-refractivity contribution in [3.8, 4) is 0 Å². The van der Waals surface area contributed by atoms with Crippen LogP contribution in [-0.2, 0) is 0 Å². The lowest BCUT2D eigenvalue weighted by Gasteiger charge is -2.44. The van der Waals surface area contributed by atoms with Gasteiger partial charge in [0.2, 0.25) is 0 Å². The topological polar surface area (TPSA) is 29.3 Å². The third-order valence-corrected chi connectivity index (χ3v) is 5.44. The van der Waals surface area contributed by atoms with Crippen molar-refractivity contribution in [3.63, 3.8) is 0 Å². The van der Waals surface area contributed by atoms with Crippen molar-refractivity contribution >= 4 is 11.6 Å². The van der Waals surface area contributed by atoms with Gasteiger partial charge in [0.1, 0.15) is 0 Å². The van der Waals surface area contributed by atoms with E-state index in [0.29, 0.717) is 6.04 Å². The molecule has 2 nitrogen and oxygen atoms in total. The fourth-order valence-corrected chi connectivity index (χ4v) is 3.81. The second kappa shape index (κ2) is 6.93. The monoisotopic (exact) mass is 294 g/mol. The Kier molecular flexibility index (Phi) is 5.48. The highest BCUT2D eigenvalue weighted by molar-refractivity contribution is 6.31. The molecule has 3 heteroatoms. The van der Waals surface area contributed by atoms with Crippen molar-refractivity contribution < 1.29 is 0 Å². The Hall–Kier alpha value is -0.570. The maximum atomic E-state index is 6.37. The number of rotatable bonds is 4. The Balaban J connectivity index is 2.23. The number of nitrogens with zero attached hydrogens (tertiary/aromatic N) is 1. The molecule has 2 N–H and O–H groups in total. The van der Waals surface area contributed by atoms with E-state index in [9.17, 15) is 0 Å². The Morgan fingerprint density at radius 3 is 2.35 bits per heavy atom. The predicted molar refractivity (Wildman–Crippen MR) is 87.1 cm³/mol. The first-order valence-electron chi connectivity index (χ1n) is 7.78. The van der Waals surface area contributed by atoms with E-state index in [4.69, 9.17) is 17.3 Å². The highest BCUT2D eigenvalue weighted by Gasteiger charge is 2.36. The maximum Gasteiger partial charge on any atom is 0.0453 e. The molecule has 1 aromatic carbocycles. The molecule has 0 aromatic heterocycles. The first-order chi connectivity index (χ1) is 9.60. The summed E-state index contributed by atoms with van der Waals surface area (Å²) in [5, 5.41) is 0.854. The summed E-state index contributed by atoms with van der Waals surface area (Å²) in [5.41, 5.74) is 7.52. The second-order valence-corrected chi connectivity index (χ2v) is 6.56. The molecule has 0 aliphatic heterocycles. The van der Waals surface area contributed by atoms with E-state index in [0.717, 1.165) is 11.6 Å². The first kappa shape index (κ1) is 15.8. The number of hydrogen-bond acceptors (Lipinski definition) is 2. The molecule has 1 saturated carbocycles. The predicted octanol–water partition coefficient (Wildman–Crippen LogP) is 4.38. The number of hydrogen-bond donors (Lipinski definition) is 1. The highest BCUT2D eigenvalue weighted by Crippen LogP contribution is 2.37. The summed E-state index contributed by atoms with van der Waals surface area (Å²) in [6, 6.07) is 8.45. The van der Waals surface area contributed by atoms with E-state index in [1.165, 1.54) is 44.1 Å². The fraction of sp³-hybridized carbons (Fsp3) is 0.647. The fourth-order valence-electron chi connectivity index (χ4n) is 3.52. The van der Waals surface area contributed by atoms with Gasteiger partial charge < -0.3 is 5.73 Å². The number of benzene rings is 1. The van der Waals surface area contributed by atoms with Gasteiger partial charge >= 0.3 is 0 Å². The van der Waals surface area contributed by atoms with Crippen LogP contribution < -0.4 is 5.73 Å². The van der Waals surface area contributed by atoms with E-state index >= 15 is 0 Å². The molecule has 2 rings (SSSR count). The lowest BCUT2D eigenvalue weighted by Crippen LogP contribution is -2.52. The lowest BCUT2D eigenvalue weighted by atomic mass is 9.86. The number of likely N-dealkylation sites (N-methyl/N-ethyl adjacent to an activating group) is 1.